The van der Waals surface area contributed by atoms with Crippen molar-refractivity contribution in [2.75, 3.05) is 0 Å². The lowest BCUT2D eigenvalue weighted by atomic mass is 9.43. The van der Waals surface area contributed by atoms with Gasteiger partial charge in [-0.25, -0.2) is 0 Å². The van der Waals surface area contributed by atoms with Gasteiger partial charge < -0.3 is 4.65 Å². The highest BCUT2D eigenvalue weighted by atomic mass is 16.4. The van der Waals surface area contributed by atoms with Gasteiger partial charge in [0.1, 0.15) is 0 Å². The first-order valence-corrected chi connectivity index (χ1v) is 6.42. The monoisotopic (exact) mass is 212 g/mol. The minimum Gasteiger partial charge on any atom is -0.433 e. The molecule has 0 aliphatic heterocycles. The normalized spacial score (nSPS) is 16.2. The summed E-state index contributed by atoms with van der Waals surface area (Å²) < 4.78 is 6.10. The van der Waals surface area contributed by atoms with Gasteiger partial charge in [-0.15, -0.1) is 0 Å². The van der Waals surface area contributed by atoms with Gasteiger partial charge in [-0.3, -0.25) is 0 Å². The van der Waals surface area contributed by atoms with Crippen LogP contribution in [0.25, 0.3) is 0 Å². The summed E-state index contributed by atoms with van der Waals surface area (Å²) in [5, 5.41) is 0. The number of rotatable bonds is 6. The van der Waals surface area contributed by atoms with E-state index in [9.17, 15) is 0 Å². The Morgan fingerprint density at radius 1 is 0.667 bits per heavy atom. The van der Waals surface area contributed by atoms with Crippen LogP contribution in [0.2, 0.25) is 11.6 Å². The smallest absolute Gasteiger partial charge is 0.299 e. The molecule has 0 amide bonds. The van der Waals surface area contributed by atoms with Crippen LogP contribution in [0.5, 0.6) is 0 Å². The molecular weight excluding hydrogens is 183 g/mol. The molecule has 0 aliphatic carbocycles. The van der Waals surface area contributed by atoms with Crippen molar-refractivity contribution >= 4 is 6.92 Å². The second-order valence-electron chi connectivity index (χ2n) is 5.86. The molecule has 0 saturated carbocycles. The van der Waals surface area contributed by atoms with Crippen molar-refractivity contribution in [2.24, 2.45) is 11.8 Å². The van der Waals surface area contributed by atoms with E-state index in [0.717, 1.165) is 0 Å². The highest BCUT2D eigenvalue weighted by Gasteiger charge is 2.33. The van der Waals surface area contributed by atoms with Gasteiger partial charge in [0.25, 0.3) is 6.92 Å². The van der Waals surface area contributed by atoms with Crippen molar-refractivity contribution in [2.45, 2.75) is 73.1 Å². The Labute approximate surface area is 97.1 Å². The predicted octanol–water partition coefficient (Wildman–Crippen LogP) is 4.50. The Hall–Kier alpha value is 0.0249. The summed E-state index contributed by atoms with van der Waals surface area (Å²) in [4.78, 5) is 0. The maximum Gasteiger partial charge on any atom is 0.299 e. The molecule has 0 spiro atoms. The number of hydrogen-bond donors (Lipinski definition) is 0. The Kier molecular flexibility index (Phi) is 6.58. The minimum absolute atomic E-state index is 0.331. The molecule has 0 N–H and O–H groups in total. The molecule has 0 aromatic heterocycles. The van der Waals surface area contributed by atoms with E-state index < -0.39 is 0 Å². The molecule has 0 saturated heterocycles. The molecule has 15 heavy (non-hydrogen) atoms. The van der Waals surface area contributed by atoms with Crippen molar-refractivity contribution in [1.29, 1.82) is 0 Å². The zero-order chi connectivity index (χ0) is 12.2. The minimum atomic E-state index is 0.331. The van der Waals surface area contributed by atoms with Crippen molar-refractivity contribution in [3.8, 4) is 0 Å². The Morgan fingerprint density at radius 2 is 1.00 bits per heavy atom. The van der Waals surface area contributed by atoms with Gasteiger partial charge in [-0.2, -0.15) is 0 Å². The molecule has 0 bridgehead atoms. The van der Waals surface area contributed by atoms with Crippen molar-refractivity contribution < 1.29 is 4.65 Å². The summed E-state index contributed by atoms with van der Waals surface area (Å²) >= 11 is 0. The van der Waals surface area contributed by atoms with Gasteiger partial charge >= 0.3 is 0 Å². The van der Waals surface area contributed by atoms with Crippen LogP contribution >= 0.6 is 0 Å². The van der Waals surface area contributed by atoms with E-state index in [1.165, 1.54) is 0 Å². The first-order chi connectivity index (χ1) is 6.77. The fourth-order valence-corrected chi connectivity index (χ4v) is 1.80. The molecule has 2 heteroatoms. The zero-order valence-corrected chi connectivity index (χ0v) is 11.9. The largest absolute Gasteiger partial charge is 0.433 e. The van der Waals surface area contributed by atoms with E-state index in [0.29, 0.717) is 36.5 Å². The van der Waals surface area contributed by atoms with E-state index in [4.69, 9.17) is 4.65 Å². The molecule has 2 atom stereocenters. The fourth-order valence-electron chi connectivity index (χ4n) is 1.80. The van der Waals surface area contributed by atoms with E-state index in [1.54, 1.807) is 0 Å². The molecule has 0 fully saturated rings. The summed E-state index contributed by atoms with van der Waals surface area (Å²) in [5.74, 6) is 2.64. The third kappa shape index (κ3) is 5.06. The summed E-state index contributed by atoms with van der Waals surface area (Å²) in [7, 11) is 0. The molecule has 0 aliphatic rings. The van der Waals surface area contributed by atoms with Gasteiger partial charge in [0.15, 0.2) is 0 Å². The van der Waals surface area contributed by atoms with Gasteiger partial charge in [0.05, 0.1) is 0 Å². The molecule has 0 heterocycles. The second kappa shape index (κ2) is 6.57. The van der Waals surface area contributed by atoms with Crippen LogP contribution in [-0.2, 0) is 4.65 Å². The zero-order valence-electron chi connectivity index (χ0n) is 11.9. The van der Waals surface area contributed by atoms with Crippen molar-refractivity contribution in [3.05, 3.63) is 0 Å². The highest BCUT2D eigenvalue weighted by Crippen LogP contribution is 2.33. The van der Waals surface area contributed by atoms with E-state index in [-0.39, 0.29) is 0 Å². The van der Waals surface area contributed by atoms with Gasteiger partial charge in [0.2, 0.25) is 0 Å². The van der Waals surface area contributed by atoms with Crippen LogP contribution in [0.4, 0.5) is 0 Å². The fraction of sp³-hybridized carbons (Fsp3) is 1.00. The Bertz CT molecular complexity index is 152. The Balaban J connectivity index is 4.56. The first kappa shape index (κ1) is 15.0. The van der Waals surface area contributed by atoms with Gasteiger partial charge in [-0.1, -0.05) is 41.5 Å². The third-order valence-electron chi connectivity index (χ3n) is 3.57. The highest BCUT2D eigenvalue weighted by molar-refractivity contribution is 6.55. The molecule has 0 rings (SSSR count). The topological polar surface area (TPSA) is 9.23 Å². The summed E-state index contributed by atoms with van der Waals surface area (Å²) in [6.45, 7) is 18.4. The van der Waals surface area contributed by atoms with E-state index >= 15 is 0 Å². The van der Waals surface area contributed by atoms with Crippen LogP contribution in [0.15, 0.2) is 0 Å². The van der Waals surface area contributed by atoms with E-state index in [2.05, 4.69) is 55.4 Å². The molecule has 90 valence electrons. The summed E-state index contributed by atoms with van der Waals surface area (Å²) in [6, 6.07) is 0. The van der Waals surface area contributed by atoms with Crippen LogP contribution in [0, 0.1) is 11.8 Å². The lowest BCUT2D eigenvalue weighted by molar-refractivity contribution is 0.222. The maximum atomic E-state index is 6.10. The average molecular weight is 212 g/mol. The molecule has 0 radical (unpaired) electrons. The van der Waals surface area contributed by atoms with Gasteiger partial charge in [0, 0.05) is 6.10 Å². The van der Waals surface area contributed by atoms with Crippen molar-refractivity contribution in [3.63, 3.8) is 0 Å². The predicted molar refractivity (Wildman–Crippen MR) is 70.5 cm³/mol. The SMILES string of the molecule is CC(C)OB(C(C)C(C)C)C(C)C(C)C. The maximum absolute atomic E-state index is 6.10. The average Bonchev–Trinajstić information content (AvgIpc) is 2.11. The van der Waals surface area contributed by atoms with Crippen LogP contribution in [0.3, 0.4) is 0 Å². The van der Waals surface area contributed by atoms with Crippen LogP contribution in [-0.4, -0.2) is 13.0 Å². The quantitative estimate of drug-likeness (QED) is 0.589. The van der Waals surface area contributed by atoms with Crippen molar-refractivity contribution in [1.82, 2.24) is 0 Å². The van der Waals surface area contributed by atoms with Crippen LogP contribution < -0.4 is 0 Å². The third-order valence-corrected chi connectivity index (χ3v) is 3.57. The second-order valence-corrected chi connectivity index (χ2v) is 5.86. The molecule has 1 nitrogen and oxygen atoms in total. The number of hydrogen-bond acceptors (Lipinski definition) is 1. The first-order valence-electron chi connectivity index (χ1n) is 6.42. The Morgan fingerprint density at radius 3 is 1.20 bits per heavy atom. The molecule has 2 unspecified atom stereocenters. The lowest BCUT2D eigenvalue weighted by Gasteiger charge is -2.32. The van der Waals surface area contributed by atoms with Gasteiger partial charge in [-0.05, 0) is 37.3 Å². The molecule has 0 aromatic rings. The molecular formula is C13H29BO. The summed E-state index contributed by atoms with van der Waals surface area (Å²) in [5.41, 5.74) is 0. The lowest BCUT2D eigenvalue weighted by Crippen LogP contribution is -2.35. The summed E-state index contributed by atoms with van der Waals surface area (Å²) in [6.07, 6.45) is 0.331. The molecule has 0 aromatic carbocycles. The van der Waals surface area contributed by atoms with Crippen LogP contribution in [0.1, 0.15) is 55.4 Å². The standard InChI is InChI=1S/C13H29BO/c1-9(2)12(7)14(15-11(5)6)13(8)10(3)4/h9-13H,1-8H3. The van der Waals surface area contributed by atoms with E-state index in [1.807, 2.05) is 0 Å².